The molecular formula is C19H22N2O4S. The van der Waals surface area contributed by atoms with E-state index in [2.05, 4.69) is 4.72 Å². The van der Waals surface area contributed by atoms with Crippen LogP contribution in [-0.2, 0) is 10.0 Å². The third-order valence-electron chi connectivity index (χ3n) is 4.46. The van der Waals surface area contributed by atoms with Gasteiger partial charge in [-0.3, -0.25) is 9.52 Å². The molecule has 138 valence electrons. The van der Waals surface area contributed by atoms with E-state index < -0.39 is 10.0 Å². The van der Waals surface area contributed by atoms with Gasteiger partial charge < -0.3 is 9.64 Å². The zero-order valence-corrected chi connectivity index (χ0v) is 15.7. The first-order chi connectivity index (χ1) is 12.4. The lowest BCUT2D eigenvalue weighted by atomic mass is 10.1. The van der Waals surface area contributed by atoms with Crippen molar-refractivity contribution in [3.05, 3.63) is 53.6 Å². The normalized spacial score (nSPS) is 14.3. The molecule has 1 aliphatic heterocycles. The van der Waals surface area contributed by atoms with Gasteiger partial charge in [-0.15, -0.1) is 0 Å². The molecule has 1 heterocycles. The number of hydrogen-bond donors (Lipinski definition) is 1. The Morgan fingerprint density at radius 2 is 1.73 bits per heavy atom. The van der Waals surface area contributed by atoms with Crippen molar-refractivity contribution >= 4 is 21.6 Å². The summed E-state index contributed by atoms with van der Waals surface area (Å²) in [7, 11) is -2.26. The molecule has 7 heteroatoms. The average Bonchev–Trinajstić information content (AvgIpc) is 3.16. The number of aryl methyl sites for hydroxylation is 1. The Kier molecular flexibility index (Phi) is 5.18. The van der Waals surface area contributed by atoms with Crippen LogP contribution in [0.5, 0.6) is 5.75 Å². The Balaban J connectivity index is 1.88. The lowest BCUT2D eigenvalue weighted by molar-refractivity contribution is 0.0792. The first kappa shape index (κ1) is 18.3. The maximum absolute atomic E-state index is 12.8. The Bertz CT molecular complexity index is 902. The maximum atomic E-state index is 12.8. The predicted molar refractivity (Wildman–Crippen MR) is 100 cm³/mol. The smallest absolute Gasteiger partial charge is 0.262 e. The Labute approximate surface area is 153 Å². The molecule has 0 aliphatic carbocycles. The minimum absolute atomic E-state index is 0.110. The Hall–Kier alpha value is -2.54. The van der Waals surface area contributed by atoms with Crippen LogP contribution in [0, 0.1) is 6.92 Å². The van der Waals surface area contributed by atoms with Gasteiger partial charge in [0.05, 0.1) is 12.0 Å². The van der Waals surface area contributed by atoms with E-state index in [1.807, 2.05) is 0 Å². The second-order valence-electron chi connectivity index (χ2n) is 6.31. The predicted octanol–water partition coefficient (Wildman–Crippen LogP) is 3.04. The van der Waals surface area contributed by atoms with Crippen LogP contribution in [0.3, 0.4) is 0 Å². The number of amides is 1. The van der Waals surface area contributed by atoms with Gasteiger partial charge in [0.2, 0.25) is 0 Å². The third-order valence-corrected chi connectivity index (χ3v) is 5.98. The lowest BCUT2D eigenvalue weighted by Gasteiger charge is -2.17. The van der Waals surface area contributed by atoms with Crippen molar-refractivity contribution in [2.24, 2.45) is 0 Å². The van der Waals surface area contributed by atoms with Gasteiger partial charge in [-0.25, -0.2) is 8.42 Å². The lowest BCUT2D eigenvalue weighted by Crippen LogP contribution is -2.28. The zero-order chi connectivity index (χ0) is 18.7. The molecule has 0 unspecified atom stereocenters. The van der Waals surface area contributed by atoms with E-state index in [1.165, 1.54) is 6.07 Å². The van der Waals surface area contributed by atoms with E-state index in [-0.39, 0.29) is 10.8 Å². The van der Waals surface area contributed by atoms with Crippen molar-refractivity contribution in [3.63, 3.8) is 0 Å². The van der Waals surface area contributed by atoms with E-state index >= 15 is 0 Å². The van der Waals surface area contributed by atoms with Crippen molar-refractivity contribution in [2.75, 3.05) is 24.9 Å². The number of nitrogens with one attached hydrogen (secondary N) is 1. The molecule has 1 N–H and O–H groups in total. The molecule has 0 spiro atoms. The van der Waals surface area contributed by atoms with Crippen LogP contribution >= 0.6 is 0 Å². The fraction of sp³-hybridized carbons (Fsp3) is 0.316. The second kappa shape index (κ2) is 7.37. The summed E-state index contributed by atoms with van der Waals surface area (Å²) in [6.07, 6.45) is 1.98. The van der Waals surface area contributed by atoms with Crippen LogP contribution in [0.15, 0.2) is 47.4 Å². The summed E-state index contributed by atoms with van der Waals surface area (Å²) in [5.74, 6) is 0.519. The number of carbonyl (C=O) groups excluding carboxylic acids is 1. The maximum Gasteiger partial charge on any atom is 0.262 e. The van der Waals surface area contributed by atoms with Crippen molar-refractivity contribution < 1.29 is 17.9 Å². The van der Waals surface area contributed by atoms with Crippen molar-refractivity contribution in [2.45, 2.75) is 24.7 Å². The topological polar surface area (TPSA) is 75.7 Å². The van der Waals surface area contributed by atoms with Crippen LogP contribution < -0.4 is 9.46 Å². The van der Waals surface area contributed by atoms with Crippen molar-refractivity contribution in [1.82, 2.24) is 4.90 Å². The Morgan fingerprint density at radius 3 is 2.35 bits per heavy atom. The number of ether oxygens (including phenoxy) is 1. The van der Waals surface area contributed by atoms with Gasteiger partial charge in [0.1, 0.15) is 5.75 Å². The molecule has 3 rings (SSSR count). The number of nitrogens with zero attached hydrogens (tertiary/aromatic N) is 1. The first-order valence-electron chi connectivity index (χ1n) is 8.47. The standard InChI is InChI=1S/C19H22N2O4S/c1-14-5-6-15(19(22)21-11-3-4-12-21)13-18(14)26(23,24)20-16-7-9-17(25-2)10-8-16/h5-10,13,20H,3-4,11-12H2,1-2H3. The van der Waals surface area contributed by atoms with Crippen molar-refractivity contribution in [3.8, 4) is 5.75 Å². The molecule has 1 aliphatic rings. The summed E-state index contributed by atoms with van der Waals surface area (Å²) in [5.41, 5.74) is 1.41. The fourth-order valence-corrected chi connectivity index (χ4v) is 4.32. The number of methoxy groups -OCH3 is 1. The minimum Gasteiger partial charge on any atom is -0.497 e. The average molecular weight is 374 g/mol. The quantitative estimate of drug-likeness (QED) is 0.873. The van der Waals surface area contributed by atoms with Gasteiger partial charge in [-0.05, 0) is 61.7 Å². The number of anilines is 1. The molecule has 1 saturated heterocycles. The monoisotopic (exact) mass is 374 g/mol. The molecule has 0 radical (unpaired) electrons. The molecule has 1 fully saturated rings. The number of likely N-dealkylation sites (tertiary alicyclic amines) is 1. The number of carbonyl (C=O) groups is 1. The summed E-state index contributed by atoms with van der Waals surface area (Å²) in [4.78, 5) is 14.4. The van der Waals surface area contributed by atoms with Gasteiger partial charge in [0.25, 0.3) is 15.9 Å². The fourth-order valence-electron chi connectivity index (χ4n) is 2.99. The number of sulfonamides is 1. The van der Waals surface area contributed by atoms with E-state index in [0.717, 1.165) is 25.9 Å². The summed E-state index contributed by atoms with van der Waals surface area (Å²) in [6.45, 7) is 3.16. The summed E-state index contributed by atoms with van der Waals surface area (Å²) >= 11 is 0. The highest BCUT2D eigenvalue weighted by atomic mass is 32.2. The third kappa shape index (κ3) is 3.83. The molecule has 1 amide bonds. The van der Waals surface area contributed by atoms with Gasteiger partial charge in [-0.2, -0.15) is 0 Å². The molecule has 2 aromatic rings. The summed E-state index contributed by atoms with van der Waals surface area (Å²) < 4.78 is 33.2. The van der Waals surface area contributed by atoms with Gasteiger partial charge in [-0.1, -0.05) is 6.07 Å². The van der Waals surface area contributed by atoms with Crippen LogP contribution in [0.25, 0.3) is 0 Å². The summed E-state index contributed by atoms with van der Waals surface area (Å²) in [6, 6.07) is 11.4. The highest BCUT2D eigenvalue weighted by Gasteiger charge is 2.23. The Morgan fingerprint density at radius 1 is 1.08 bits per heavy atom. The zero-order valence-electron chi connectivity index (χ0n) is 14.9. The molecule has 6 nitrogen and oxygen atoms in total. The van der Waals surface area contributed by atoms with Crippen molar-refractivity contribution in [1.29, 1.82) is 0 Å². The molecular weight excluding hydrogens is 352 g/mol. The highest BCUT2D eigenvalue weighted by Crippen LogP contribution is 2.23. The second-order valence-corrected chi connectivity index (χ2v) is 7.96. The SMILES string of the molecule is COc1ccc(NS(=O)(=O)c2cc(C(=O)N3CCCC3)ccc2C)cc1. The van der Waals surface area contributed by atoms with Gasteiger partial charge in [0.15, 0.2) is 0 Å². The first-order valence-corrected chi connectivity index (χ1v) is 9.96. The van der Waals surface area contributed by atoms with Crippen LogP contribution in [0.4, 0.5) is 5.69 Å². The van der Waals surface area contributed by atoms with E-state index in [1.54, 1.807) is 55.3 Å². The largest absolute Gasteiger partial charge is 0.497 e. The summed E-state index contributed by atoms with van der Waals surface area (Å²) in [5, 5.41) is 0. The van der Waals surface area contributed by atoms with Gasteiger partial charge in [0, 0.05) is 24.3 Å². The minimum atomic E-state index is -3.80. The highest BCUT2D eigenvalue weighted by molar-refractivity contribution is 7.92. The molecule has 0 bridgehead atoms. The van der Waals surface area contributed by atoms with Gasteiger partial charge >= 0.3 is 0 Å². The molecule has 2 aromatic carbocycles. The van der Waals surface area contributed by atoms with E-state index in [9.17, 15) is 13.2 Å². The van der Waals surface area contributed by atoms with E-state index in [4.69, 9.17) is 4.74 Å². The molecule has 0 atom stereocenters. The number of benzene rings is 2. The molecule has 0 aromatic heterocycles. The number of hydrogen-bond acceptors (Lipinski definition) is 4. The van der Waals surface area contributed by atoms with Crippen LogP contribution in [0.2, 0.25) is 0 Å². The molecule has 0 saturated carbocycles. The number of rotatable bonds is 5. The van der Waals surface area contributed by atoms with Crippen LogP contribution in [0.1, 0.15) is 28.8 Å². The van der Waals surface area contributed by atoms with Crippen LogP contribution in [-0.4, -0.2) is 39.4 Å². The molecule has 26 heavy (non-hydrogen) atoms. The van der Waals surface area contributed by atoms with E-state index in [0.29, 0.717) is 22.6 Å².